The molecule has 0 aromatic carbocycles. The molecule has 0 radical (unpaired) electrons. The molecule has 166 valence electrons. The molecule has 0 aromatic rings. The second-order valence-electron chi connectivity index (χ2n) is 4.82. The summed E-state index contributed by atoms with van der Waals surface area (Å²) in [6.07, 6.45) is -13.8. The predicted octanol–water partition coefficient (Wildman–Crippen LogP) is 0.311. The van der Waals surface area contributed by atoms with E-state index in [-0.39, 0.29) is 0 Å². The average molecular weight is 442 g/mol. The number of amides is 2. The lowest BCUT2D eigenvalue weighted by Gasteiger charge is -2.35. The van der Waals surface area contributed by atoms with Crippen molar-refractivity contribution in [2.75, 3.05) is 26.3 Å². The number of hydrogen-bond donors (Lipinski definition) is 4. The van der Waals surface area contributed by atoms with Gasteiger partial charge in [-0.1, -0.05) is 0 Å². The van der Waals surface area contributed by atoms with Gasteiger partial charge in [0.25, 0.3) is 11.8 Å². The Kier molecular flexibility index (Phi) is 8.06. The van der Waals surface area contributed by atoms with Crippen molar-refractivity contribution in [3.63, 3.8) is 0 Å². The van der Waals surface area contributed by atoms with Gasteiger partial charge >= 0.3 is 30.0 Å². The number of alkyl halides is 10. The van der Waals surface area contributed by atoms with Gasteiger partial charge in [-0.25, -0.2) is 0 Å². The van der Waals surface area contributed by atoms with E-state index >= 15 is 0 Å². The summed E-state index contributed by atoms with van der Waals surface area (Å²) in [6.45, 7) is -4.55. The minimum absolute atomic E-state index is 0.861. The van der Waals surface area contributed by atoms with Crippen molar-refractivity contribution in [1.82, 2.24) is 10.6 Å². The molecule has 4 N–H and O–H groups in total. The highest BCUT2D eigenvalue weighted by Gasteiger charge is 2.80. The molecule has 0 heterocycles. The second kappa shape index (κ2) is 8.64. The number of rotatable bonds is 10. The van der Waals surface area contributed by atoms with E-state index in [1.54, 1.807) is 0 Å². The molecule has 0 spiro atoms. The summed E-state index contributed by atoms with van der Waals surface area (Å²) in [6, 6.07) is 0. The minimum Gasteiger partial charge on any atom is -0.395 e. The van der Waals surface area contributed by atoms with Gasteiger partial charge in [-0.2, -0.15) is 43.9 Å². The fraction of sp³-hybridized carbons (Fsp3) is 0.818. The van der Waals surface area contributed by atoms with Gasteiger partial charge in [0.2, 0.25) is 0 Å². The van der Waals surface area contributed by atoms with Crippen LogP contribution in [0.5, 0.6) is 0 Å². The Morgan fingerprint density at radius 2 is 1.14 bits per heavy atom. The van der Waals surface area contributed by atoms with E-state index in [2.05, 4.69) is 4.74 Å². The quantitative estimate of drug-likeness (QED) is 0.365. The van der Waals surface area contributed by atoms with Crippen molar-refractivity contribution in [2.24, 2.45) is 0 Å². The van der Waals surface area contributed by atoms with Gasteiger partial charge in [0.15, 0.2) is 0 Å². The van der Waals surface area contributed by atoms with Crippen molar-refractivity contribution >= 4 is 11.8 Å². The van der Waals surface area contributed by atoms with Crippen molar-refractivity contribution in [1.29, 1.82) is 0 Å². The van der Waals surface area contributed by atoms with E-state index in [1.165, 1.54) is 0 Å². The van der Waals surface area contributed by atoms with Gasteiger partial charge in [0.05, 0.1) is 13.2 Å². The van der Waals surface area contributed by atoms with Gasteiger partial charge in [0.1, 0.15) is 0 Å². The Labute approximate surface area is 148 Å². The first-order valence-corrected chi connectivity index (χ1v) is 6.80. The molecule has 0 bridgehead atoms. The smallest absolute Gasteiger partial charge is 0.395 e. The maximum atomic E-state index is 13.8. The normalized spacial score (nSPS) is 15.7. The summed E-state index contributed by atoms with van der Waals surface area (Å²) in [5.74, 6) is -26.1. The highest BCUT2D eigenvalue weighted by Crippen LogP contribution is 2.50. The van der Waals surface area contributed by atoms with Gasteiger partial charge in [-0.05, 0) is 0 Å². The van der Waals surface area contributed by atoms with Crippen LogP contribution in [0.4, 0.5) is 43.9 Å². The fourth-order valence-electron chi connectivity index (χ4n) is 1.36. The lowest BCUT2D eigenvalue weighted by atomic mass is 10.1. The molecule has 17 heteroatoms. The first-order chi connectivity index (χ1) is 12.4. The van der Waals surface area contributed by atoms with E-state index in [0.29, 0.717) is 0 Å². The molecule has 0 fully saturated rings. The first kappa shape index (κ1) is 26.1. The lowest BCUT2D eigenvalue weighted by molar-refractivity contribution is -0.455. The van der Waals surface area contributed by atoms with Crippen molar-refractivity contribution in [2.45, 2.75) is 30.0 Å². The molecule has 0 aliphatic carbocycles. The van der Waals surface area contributed by atoms with Crippen molar-refractivity contribution in [3.8, 4) is 0 Å². The molecule has 0 aliphatic rings. The molecule has 1 atom stereocenters. The molecule has 0 saturated carbocycles. The van der Waals surface area contributed by atoms with E-state index in [0.717, 1.165) is 10.6 Å². The zero-order valence-corrected chi connectivity index (χ0v) is 13.2. The number of aliphatic hydroxyl groups is 2. The van der Waals surface area contributed by atoms with Crippen LogP contribution in [0, 0.1) is 0 Å². The van der Waals surface area contributed by atoms with Gasteiger partial charge in [0, 0.05) is 13.1 Å². The predicted molar refractivity (Wildman–Crippen MR) is 66.0 cm³/mol. The highest BCUT2D eigenvalue weighted by molar-refractivity contribution is 5.85. The lowest BCUT2D eigenvalue weighted by Crippen LogP contribution is -2.66. The molecule has 0 saturated heterocycles. The zero-order chi connectivity index (χ0) is 22.6. The third kappa shape index (κ3) is 4.93. The van der Waals surface area contributed by atoms with E-state index in [9.17, 15) is 53.5 Å². The summed E-state index contributed by atoms with van der Waals surface area (Å²) >= 11 is 0. The summed E-state index contributed by atoms with van der Waals surface area (Å²) < 4.78 is 134. The Hall–Kier alpha value is -1.88. The molecule has 0 aromatic heterocycles. The molecule has 1 unspecified atom stereocenters. The standard InChI is InChI=1S/C11H12F10N2O5/c12-7(13,5(26)22-1-3-24)9(15,16)11(20,21)28-8(14,10(17,18)19)6(27)23-2-4-25/h24-25H,1-4H2,(H,22,26)(H,23,27). The Morgan fingerprint density at radius 1 is 0.750 bits per heavy atom. The SMILES string of the molecule is O=C(NCCO)C(F)(F)C(F)(F)C(F)(F)OC(F)(C(=O)NCCO)C(F)(F)F. The van der Waals surface area contributed by atoms with Crippen LogP contribution >= 0.6 is 0 Å². The Morgan fingerprint density at radius 3 is 1.50 bits per heavy atom. The molecule has 0 rings (SSSR count). The zero-order valence-electron chi connectivity index (χ0n) is 13.2. The largest absolute Gasteiger partial charge is 0.458 e. The van der Waals surface area contributed by atoms with Gasteiger partial charge in [-0.15, -0.1) is 0 Å². The van der Waals surface area contributed by atoms with Crippen molar-refractivity contribution < 1.29 is 68.4 Å². The third-order valence-electron chi connectivity index (χ3n) is 2.77. The van der Waals surface area contributed by atoms with Gasteiger partial charge in [-0.3, -0.25) is 14.3 Å². The highest BCUT2D eigenvalue weighted by atomic mass is 19.4. The molecule has 7 nitrogen and oxygen atoms in total. The number of hydrogen-bond acceptors (Lipinski definition) is 5. The van der Waals surface area contributed by atoms with Crippen LogP contribution < -0.4 is 10.6 Å². The average Bonchev–Trinajstić information content (AvgIpc) is 2.55. The maximum Gasteiger partial charge on any atom is 0.458 e. The van der Waals surface area contributed by atoms with Crippen LogP contribution in [0.15, 0.2) is 0 Å². The topological polar surface area (TPSA) is 108 Å². The number of carbonyl (C=O) groups excluding carboxylic acids is 2. The van der Waals surface area contributed by atoms with Crippen molar-refractivity contribution in [3.05, 3.63) is 0 Å². The summed E-state index contributed by atoms with van der Waals surface area (Å²) in [4.78, 5) is 22.0. The van der Waals surface area contributed by atoms with E-state index in [4.69, 9.17) is 10.2 Å². The first-order valence-electron chi connectivity index (χ1n) is 6.80. The summed E-state index contributed by atoms with van der Waals surface area (Å²) in [5.41, 5.74) is 0. The van der Waals surface area contributed by atoms with Crippen LogP contribution in [-0.2, 0) is 14.3 Å². The van der Waals surface area contributed by atoms with Gasteiger partial charge < -0.3 is 20.8 Å². The van der Waals surface area contributed by atoms with Crippen LogP contribution in [0.3, 0.4) is 0 Å². The Balaban J connectivity index is 5.97. The summed E-state index contributed by atoms with van der Waals surface area (Å²) in [5, 5.41) is 18.3. The van der Waals surface area contributed by atoms with Crippen LogP contribution in [0.1, 0.15) is 0 Å². The molecular formula is C11H12F10N2O5. The Bertz CT molecular complexity index is 570. The molecule has 28 heavy (non-hydrogen) atoms. The van der Waals surface area contributed by atoms with E-state index < -0.39 is 68.1 Å². The minimum atomic E-state index is -7.08. The van der Waals surface area contributed by atoms with Crippen LogP contribution in [-0.4, -0.2) is 78.3 Å². The number of aliphatic hydroxyl groups excluding tert-OH is 2. The number of halogens is 10. The van der Waals surface area contributed by atoms with Crippen LogP contribution in [0.2, 0.25) is 0 Å². The summed E-state index contributed by atoms with van der Waals surface area (Å²) in [7, 11) is 0. The number of carbonyl (C=O) groups is 2. The molecule has 2 amide bonds. The molecule has 0 aliphatic heterocycles. The monoisotopic (exact) mass is 442 g/mol. The maximum absolute atomic E-state index is 13.8. The molecular weight excluding hydrogens is 430 g/mol. The third-order valence-corrected chi connectivity index (χ3v) is 2.77. The number of ether oxygens (including phenoxy) is 1. The fourth-order valence-corrected chi connectivity index (χ4v) is 1.36. The van der Waals surface area contributed by atoms with Crippen LogP contribution in [0.25, 0.3) is 0 Å². The van der Waals surface area contributed by atoms with E-state index in [1.807, 2.05) is 0 Å². The number of nitrogens with one attached hydrogen (secondary N) is 2. The second-order valence-corrected chi connectivity index (χ2v) is 4.82.